The minimum Gasteiger partial charge on any atom is -0.314 e. The van der Waals surface area contributed by atoms with Crippen molar-refractivity contribution in [3.63, 3.8) is 0 Å². The Hall–Kier alpha value is -7.47. The molecule has 0 spiro atoms. The van der Waals surface area contributed by atoms with E-state index < -0.39 is 5.66 Å². The van der Waals surface area contributed by atoms with Crippen LogP contribution in [-0.2, 0) is 5.66 Å². The Balaban J connectivity index is 1.14. The van der Waals surface area contributed by atoms with Crippen molar-refractivity contribution in [3.05, 3.63) is 253 Å². The molecule has 1 heterocycles. The SMILES string of the molecule is CC/C=C(C)\C(=C/CC)N(C1=CC=C(C2=NC(C)(c3ccc(N(c4ccc(C)cc4C)c4ccc(C)cc4C)cc3)N[C@@H](c3ccc(N(c4ccc(C)cc4C)c4ccc(C)cc4C)cc3)C2)CC1)c1ccc(C)cc1C. The molecule has 0 saturated heterocycles. The summed E-state index contributed by atoms with van der Waals surface area (Å²) in [4.78, 5) is 13.2. The lowest BCUT2D eigenvalue weighted by Gasteiger charge is -2.40. The molecule has 7 aromatic rings. The van der Waals surface area contributed by atoms with Crippen molar-refractivity contribution < 1.29 is 0 Å². The van der Waals surface area contributed by atoms with E-state index >= 15 is 0 Å². The Morgan fingerprint density at radius 3 is 1.32 bits per heavy atom. The molecule has 1 N–H and O–H groups in total. The van der Waals surface area contributed by atoms with E-state index in [0.717, 1.165) is 54.8 Å². The van der Waals surface area contributed by atoms with Crippen LogP contribution in [0, 0.1) is 69.2 Å². The third kappa shape index (κ3) is 11.6. The summed E-state index contributed by atoms with van der Waals surface area (Å²) < 4.78 is 0. The van der Waals surface area contributed by atoms with Crippen molar-refractivity contribution in [1.82, 2.24) is 5.32 Å². The number of hydrogen-bond acceptors (Lipinski definition) is 5. The van der Waals surface area contributed by atoms with E-state index in [1.54, 1.807) is 0 Å². The molecule has 0 aromatic heterocycles. The third-order valence-electron chi connectivity index (χ3n) is 15.8. The zero-order chi connectivity index (χ0) is 54.7. The highest BCUT2D eigenvalue weighted by Gasteiger charge is 2.37. The number of anilines is 7. The molecule has 2 aliphatic rings. The molecule has 77 heavy (non-hydrogen) atoms. The lowest BCUT2D eigenvalue weighted by molar-refractivity contribution is 0.314. The summed E-state index contributed by atoms with van der Waals surface area (Å²) in [5, 5.41) is 4.15. The van der Waals surface area contributed by atoms with Crippen LogP contribution in [0.3, 0.4) is 0 Å². The van der Waals surface area contributed by atoms with Gasteiger partial charge in [0.2, 0.25) is 0 Å². The molecule has 5 nitrogen and oxygen atoms in total. The summed E-state index contributed by atoms with van der Waals surface area (Å²) in [6, 6.07) is 52.4. The number of rotatable bonds is 15. The van der Waals surface area contributed by atoms with Gasteiger partial charge in [0.15, 0.2) is 0 Å². The van der Waals surface area contributed by atoms with Crippen LogP contribution in [0.15, 0.2) is 191 Å². The minimum atomic E-state index is -0.723. The average Bonchev–Trinajstić information content (AvgIpc) is 3.40. The molecule has 0 fully saturated rings. The number of aryl methyl sites for hydroxylation is 10. The van der Waals surface area contributed by atoms with Gasteiger partial charge in [-0.15, -0.1) is 0 Å². The first-order valence-electron chi connectivity index (χ1n) is 28.1. The number of aliphatic imine (C=N–C) groups is 1. The van der Waals surface area contributed by atoms with E-state index in [1.165, 1.54) is 112 Å². The summed E-state index contributed by atoms with van der Waals surface area (Å²) in [6.45, 7) is 31.0. The van der Waals surface area contributed by atoms with Crippen LogP contribution in [-0.4, -0.2) is 5.71 Å². The molecule has 1 aliphatic heterocycles. The molecule has 394 valence electrons. The summed E-state index contributed by atoms with van der Waals surface area (Å²) in [7, 11) is 0. The fourth-order valence-corrected chi connectivity index (χ4v) is 11.9. The van der Waals surface area contributed by atoms with Crippen LogP contribution < -0.4 is 20.0 Å². The Bertz CT molecular complexity index is 3370. The Morgan fingerprint density at radius 1 is 0.519 bits per heavy atom. The van der Waals surface area contributed by atoms with Crippen LogP contribution in [0.4, 0.5) is 39.8 Å². The van der Waals surface area contributed by atoms with Gasteiger partial charge in [0.25, 0.3) is 0 Å². The van der Waals surface area contributed by atoms with Gasteiger partial charge in [-0.2, -0.15) is 0 Å². The number of benzene rings is 7. The Morgan fingerprint density at radius 2 is 0.935 bits per heavy atom. The molecule has 5 heteroatoms. The fourth-order valence-electron chi connectivity index (χ4n) is 11.9. The standard InChI is InChI=1S/C72H81N5/c1-15-17-52(8)66(18-16-2)75(67-36-19-47(3)41-53(67)9)61-30-24-58(25-31-61)64-46-65(59-26-32-62(33-27-59)76(68-37-20-48(4)42-54(68)10)69-38-21-49(5)43-55(69)11)74-72(14,73-64)60-28-34-63(35-29-60)77(70-39-22-50(6)44-56(70)12)71-40-23-51(7)45-57(71)13/h17-24,26-30,32-45,65,74H,15-16,25,31,46H2,1-14H3/b52-17-,66-18+/t65-,72?/m1/s1. The van der Waals surface area contributed by atoms with Gasteiger partial charge < -0.3 is 14.7 Å². The first-order valence-corrected chi connectivity index (χ1v) is 28.1. The van der Waals surface area contributed by atoms with E-state index in [1.807, 2.05) is 0 Å². The summed E-state index contributed by atoms with van der Waals surface area (Å²) in [6.07, 6.45) is 14.0. The number of nitrogens with one attached hydrogen (secondary N) is 1. The maximum atomic E-state index is 5.80. The number of nitrogens with zero attached hydrogens (tertiary/aromatic N) is 4. The number of allylic oxidation sites excluding steroid dienone is 7. The van der Waals surface area contributed by atoms with Gasteiger partial charge in [0, 0.05) is 69.4 Å². The second kappa shape index (κ2) is 23.0. The largest absolute Gasteiger partial charge is 0.314 e. The molecule has 7 aromatic carbocycles. The van der Waals surface area contributed by atoms with Crippen LogP contribution in [0.5, 0.6) is 0 Å². The zero-order valence-corrected chi connectivity index (χ0v) is 48.5. The van der Waals surface area contributed by atoms with Gasteiger partial charge >= 0.3 is 0 Å². The molecule has 9 rings (SSSR count). The molecule has 1 aliphatic carbocycles. The second-order valence-electron chi connectivity index (χ2n) is 22.3. The second-order valence-corrected chi connectivity index (χ2v) is 22.3. The van der Waals surface area contributed by atoms with Crippen LogP contribution >= 0.6 is 0 Å². The predicted molar refractivity (Wildman–Crippen MR) is 332 cm³/mol. The van der Waals surface area contributed by atoms with E-state index in [2.05, 4.69) is 281 Å². The third-order valence-corrected chi connectivity index (χ3v) is 15.8. The lowest BCUT2D eigenvalue weighted by Crippen LogP contribution is -2.45. The van der Waals surface area contributed by atoms with E-state index in [4.69, 9.17) is 4.99 Å². The number of hydrogen-bond donors (Lipinski definition) is 1. The van der Waals surface area contributed by atoms with Crippen molar-refractivity contribution in [3.8, 4) is 0 Å². The van der Waals surface area contributed by atoms with Gasteiger partial charge in [-0.05, 0) is 220 Å². The quantitative estimate of drug-likeness (QED) is 0.104. The molecule has 0 saturated carbocycles. The molecule has 1 unspecified atom stereocenters. The van der Waals surface area contributed by atoms with Crippen molar-refractivity contribution in [2.75, 3.05) is 14.7 Å². The van der Waals surface area contributed by atoms with E-state index in [0.29, 0.717) is 0 Å². The first-order chi connectivity index (χ1) is 36.9. The van der Waals surface area contributed by atoms with Crippen molar-refractivity contribution in [2.45, 2.75) is 141 Å². The first kappa shape index (κ1) is 54.3. The molecule has 0 radical (unpaired) electrons. The fraction of sp³-hybridized carbons (Fsp3) is 0.292. The minimum absolute atomic E-state index is 0.00211. The highest BCUT2D eigenvalue weighted by Crippen LogP contribution is 2.44. The van der Waals surface area contributed by atoms with Gasteiger partial charge in [0.1, 0.15) is 5.66 Å². The zero-order valence-electron chi connectivity index (χ0n) is 48.5. The highest BCUT2D eigenvalue weighted by atomic mass is 15.2. The van der Waals surface area contributed by atoms with Crippen LogP contribution in [0.1, 0.15) is 133 Å². The van der Waals surface area contributed by atoms with Gasteiger partial charge in [0.05, 0.1) is 0 Å². The van der Waals surface area contributed by atoms with Crippen molar-refractivity contribution in [1.29, 1.82) is 0 Å². The maximum Gasteiger partial charge on any atom is 0.134 e. The molecule has 0 bridgehead atoms. The van der Waals surface area contributed by atoms with E-state index in [9.17, 15) is 0 Å². The maximum absolute atomic E-state index is 5.80. The lowest BCUT2D eigenvalue weighted by atomic mass is 9.87. The summed E-state index contributed by atoms with van der Waals surface area (Å²) in [5.74, 6) is 0. The van der Waals surface area contributed by atoms with E-state index in [-0.39, 0.29) is 6.04 Å². The van der Waals surface area contributed by atoms with Crippen molar-refractivity contribution >= 4 is 45.5 Å². The molecular formula is C72H81N5. The molecular weight excluding hydrogens is 935 g/mol. The highest BCUT2D eigenvalue weighted by molar-refractivity contribution is 6.02. The predicted octanol–water partition coefficient (Wildman–Crippen LogP) is 19.8. The van der Waals surface area contributed by atoms with Gasteiger partial charge in [-0.3, -0.25) is 10.3 Å². The van der Waals surface area contributed by atoms with Gasteiger partial charge in [-0.1, -0.05) is 145 Å². The normalized spacial score (nSPS) is 16.9. The Labute approximate surface area is 462 Å². The Kier molecular flexibility index (Phi) is 16.2. The topological polar surface area (TPSA) is 34.1 Å². The smallest absolute Gasteiger partial charge is 0.134 e. The van der Waals surface area contributed by atoms with Crippen molar-refractivity contribution in [2.24, 2.45) is 4.99 Å². The monoisotopic (exact) mass is 1020 g/mol. The molecule has 2 atom stereocenters. The summed E-state index contributed by atoms with van der Waals surface area (Å²) >= 11 is 0. The van der Waals surface area contributed by atoms with Gasteiger partial charge in [-0.25, -0.2) is 0 Å². The average molecular weight is 1020 g/mol. The van der Waals surface area contributed by atoms with Crippen LogP contribution in [0.25, 0.3) is 0 Å². The van der Waals surface area contributed by atoms with Crippen LogP contribution in [0.2, 0.25) is 0 Å². The molecule has 0 amide bonds. The summed E-state index contributed by atoms with van der Waals surface area (Å²) in [5.41, 5.74) is 28.8.